The van der Waals surface area contributed by atoms with Gasteiger partial charge in [0.25, 0.3) is 0 Å². The molecule has 0 N–H and O–H groups in total. The van der Waals surface area contributed by atoms with Crippen molar-refractivity contribution in [2.75, 3.05) is 0 Å². The van der Waals surface area contributed by atoms with Crippen LogP contribution < -0.4 is 42.5 Å². The Morgan fingerprint density at radius 1 is 1.00 bits per heavy atom. The predicted octanol–water partition coefficient (Wildman–Crippen LogP) is -2.61. The summed E-state index contributed by atoms with van der Waals surface area (Å²) in [6, 6.07) is 18.7. The molecule has 0 amide bonds. The molecule has 0 radical (unpaired) electrons. The van der Waals surface area contributed by atoms with E-state index < -0.39 is 0 Å². The van der Waals surface area contributed by atoms with Crippen LogP contribution in [0, 0.1) is 19.6 Å². The Morgan fingerprint density at radius 2 is 1.71 bits per heavy atom. The number of benzene rings is 2. The van der Waals surface area contributed by atoms with Crippen LogP contribution in [0.2, 0.25) is 0 Å². The first-order chi connectivity index (χ1) is 7.34. The number of ether oxygens (including phenoxy) is 1. The Balaban J connectivity index is 0.00000128. The number of hydrogen-bond donors (Lipinski definition) is 0. The standard InChI is InChI=1S/C14H12O.2Li/c1-12-7-9-13(10-8-12)11-15-14-5-3-2-4-6-14;;/h2-5,7-11H,1H3;;/q-2;2*+1. The summed E-state index contributed by atoms with van der Waals surface area (Å²) in [6.45, 7) is 3.79. The normalized spacial score (nSPS) is 8.53. The molecule has 0 saturated carbocycles. The molecule has 0 aliphatic rings. The van der Waals surface area contributed by atoms with E-state index in [-0.39, 0.29) is 37.7 Å². The molecule has 0 aromatic heterocycles. The average Bonchev–Trinajstić information content (AvgIpc) is 2.30. The summed E-state index contributed by atoms with van der Waals surface area (Å²) in [6.07, 6.45) is 0. The smallest absolute Gasteiger partial charge is 0.548 e. The number of rotatable bonds is 3. The largest absolute Gasteiger partial charge is 1.00 e. The van der Waals surface area contributed by atoms with Gasteiger partial charge in [-0.2, -0.15) is 35.9 Å². The van der Waals surface area contributed by atoms with Crippen LogP contribution in [-0.2, 0) is 0 Å². The van der Waals surface area contributed by atoms with Crippen molar-refractivity contribution in [3.05, 3.63) is 72.3 Å². The van der Waals surface area contributed by atoms with Gasteiger partial charge in [-0.1, -0.05) is 5.56 Å². The molecule has 0 unspecified atom stereocenters. The summed E-state index contributed by atoms with van der Waals surface area (Å²) in [5, 5.41) is 0. The van der Waals surface area contributed by atoms with Crippen molar-refractivity contribution in [3.63, 3.8) is 0 Å². The molecule has 0 atom stereocenters. The van der Waals surface area contributed by atoms with Crippen LogP contribution in [0.3, 0.4) is 0 Å². The molecule has 2 aromatic carbocycles. The molecule has 2 aromatic rings. The first-order valence-electron chi connectivity index (χ1n) is 4.88. The zero-order chi connectivity index (χ0) is 10.5. The number of para-hydroxylation sites is 1. The van der Waals surface area contributed by atoms with Gasteiger partial charge in [0.15, 0.2) is 0 Å². The molecule has 0 heterocycles. The molecule has 76 valence electrons. The number of aryl methyl sites for hydroxylation is 1. The van der Waals surface area contributed by atoms with Crippen molar-refractivity contribution in [2.24, 2.45) is 0 Å². The second-order valence-electron chi connectivity index (χ2n) is 3.37. The SMILES string of the molecule is Cc1ccc([CH-]Oc2[c-]cccc2)cc1.[Li+].[Li+]. The maximum absolute atomic E-state index is 5.45. The quantitative estimate of drug-likeness (QED) is 0.398. The van der Waals surface area contributed by atoms with Gasteiger partial charge in [0, 0.05) is 0 Å². The summed E-state index contributed by atoms with van der Waals surface area (Å²) in [7, 11) is 0. The fourth-order valence-corrected chi connectivity index (χ4v) is 1.23. The summed E-state index contributed by atoms with van der Waals surface area (Å²) >= 11 is 0. The zero-order valence-electron chi connectivity index (χ0n) is 10.6. The van der Waals surface area contributed by atoms with Crippen molar-refractivity contribution in [2.45, 2.75) is 6.92 Å². The molecule has 3 heteroatoms. The van der Waals surface area contributed by atoms with Crippen molar-refractivity contribution in [1.29, 1.82) is 0 Å². The van der Waals surface area contributed by atoms with Gasteiger partial charge >= 0.3 is 37.7 Å². The zero-order valence-corrected chi connectivity index (χ0v) is 10.6. The minimum atomic E-state index is 0. The molecular formula is C14H12Li2O. The van der Waals surface area contributed by atoms with Gasteiger partial charge in [0.05, 0.1) is 0 Å². The Labute approximate surface area is 127 Å². The van der Waals surface area contributed by atoms with E-state index in [1.165, 1.54) is 5.56 Å². The van der Waals surface area contributed by atoms with E-state index in [0.717, 1.165) is 11.3 Å². The average molecular weight is 210 g/mol. The molecular weight excluding hydrogens is 198 g/mol. The second kappa shape index (κ2) is 8.40. The van der Waals surface area contributed by atoms with Gasteiger partial charge in [0.2, 0.25) is 0 Å². The van der Waals surface area contributed by atoms with Gasteiger partial charge in [-0.15, -0.1) is 24.3 Å². The summed E-state index contributed by atoms with van der Waals surface area (Å²) in [5.74, 6) is 0.734. The molecule has 2 rings (SSSR count). The van der Waals surface area contributed by atoms with Crippen LogP contribution in [0.4, 0.5) is 0 Å². The van der Waals surface area contributed by atoms with E-state index >= 15 is 0 Å². The van der Waals surface area contributed by atoms with Crippen LogP contribution in [0.25, 0.3) is 0 Å². The first kappa shape index (κ1) is 16.3. The molecule has 1 nitrogen and oxygen atoms in total. The van der Waals surface area contributed by atoms with E-state index in [0.29, 0.717) is 0 Å². The molecule has 17 heavy (non-hydrogen) atoms. The van der Waals surface area contributed by atoms with Crippen LogP contribution >= 0.6 is 0 Å². The number of hydrogen-bond acceptors (Lipinski definition) is 1. The molecule has 0 saturated heterocycles. The first-order valence-corrected chi connectivity index (χ1v) is 4.88. The van der Waals surface area contributed by atoms with Crippen LogP contribution in [-0.4, -0.2) is 0 Å². The molecule has 0 aliphatic heterocycles. The van der Waals surface area contributed by atoms with Gasteiger partial charge in [-0.25, -0.2) is 0 Å². The maximum atomic E-state index is 5.45. The van der Waals surface area contributed by atoms with Gasteiger partial charge in [-0.05, 0) is 19.3 Å². The Bertz CT molecular complexity index is 412. The Hall–Kier alpha value is -0.695. The molecule has 0 bridgehead atoms. The maximum Gasteiger partial charge on any atom is 1.00 e. The molecule has 0 fully saturated rings. The van der Waals surface area contributed by atoms with Crippen LogP contribution in [0.1, 0.15) is 11.1 Å². The fourth-order valence-electron chi connectivity index (χ4n) is 1.23. The van der Waals surface area contributed by atoms with E-state index in [1.54, 1.807) is 6.61 Å². The van der Waals surface area contributed by atoms with Crippen molar-refractivity contribution >= 4 is 0 Å². The topological polar surface area (TPSA) is 9.23 Å². The van der Waals surface area contributed by atoms with Crippen LogP contribution in [0.15, 0.2) is 48.5 Å². The van der Waals surface area contributed by atoms with Gasteiger partial charge < -0.3 is 4.74 Å². The molecule has 0 aliphatic carbocycles. The van der Waals surface area contributed by atoms with Crippen molar-refractivity contribution < 1.29 is 42.5 Å². The summed E-state index contributed by atoms with van der Waals surface area (Å²) in [5.41, 5.74) is 2.30. The third-order valence-electron chi connectivity index (χ3n) is 2.08. The van der Waals surface area contributed by atoms with E-state index in [4.69, 9.17) is 4.74 Å². The molecule has 0 spiro atoms. The van der Waals surface area contributed by atoms with E-state index in [9.17, 15) is 0 Å². The van der Waals surface area contributed by atoms with Crippen molar-refractivity contribution in [1.82, 2.24) is 0 Å². The van der Waals surface area contributed by atoms with Gasteiger partial charge in [0.1, 0.15) is 0 Å². The second-order valence-corrected chi connectivity index (χ2v) is 3.37. The fraction of sp³-hybridized carbons (Fsp3) is 0.0714. The third-order valence-corrected chi connectivity index (χ3v) is 2.08. The predicted molar refractivity (Wildman–Crippen MR) is 60.5 cm³/mol. The Kier molecular flexibility index (Phi) is 8.06. The van der Waals surface area contributed by atoms with E-state index in [1.807, 2.05) is 36.4 Å². The summed E-state index contributed by atoms with van der Waals surface area (Å²) < 4.78 is 5.45. The monoisotopic (exact) mass is 210 g/mol. The van der Waals surface area contributed by atoms with Crippen molar-refractivity contribution in [3.8, 4) is 5.75 Å². The summed E-state index contributed by atoms with van der Waals surface area (Å²) in [4.78, 5) is 0. The van der Waals surface area contributed by atoms with Crippen LogP contribution in [0.5, 0.6) is 5.75 Å². The minimum absolute atomic E-state index is 0. The van der Waals surface area contributed by atoms with E-state index in [2.05, 4.69) is 25.1 Å². The third kappa shape index (κ3) is 5.45. The minimum Gasteiger partial charge on any atom is -0.548 e. The van der Waals surface area contributed by atoms with Gasteiger partial charge in [-0.3, -0.25) is 0 Å². The Morgan fingerprint density at radius 3 is 2.29 bits per heavy atom.